The Balaban J connectivity index is 2.82. The predicted octanol–water partition coefficient (Wildman–Crippen LogP) is 1.65. The minimum Gasteiger partial charge on any atom is -0.468 e. The lowest BCUT2D eigenvalue weighted by atomic mass is 10.0. The monoisotopic (exact) mass is 270 g/mol. The van der Waals surface area contributed by atoms with Crippen LogP contribution in [0.1, 0.15) is 25.1 Å². The number of rotatable bonds is 10. The predicted molar refractivity (Wildman–Crippen MR) is 75.0 cm³/mol. The SMILES string of the molecule is CCC(N)C(c1ccco1)N(CCOC)CCOC. The average molecular weight is 270 g/mol. The molecular formula is C14H26N2O3. The van der Waals surface area contributed by atoms with Crippen molar-refractivity contribution in [3.63, 3.8) is 0 Å². The average Bonchev–Trinajstić information content (AvgIpc) is 2.94. The van der Waals surface area contributed by atoms with Crippen molar-refractivity contribution in [1.29, 1.82) is 0 Å². The van der Waals surface area contributed by atoms with E-state index in [1.54, 1.807) is 20.5 Å². The largest absolute Gasteiger partial charge is 0.468 e. The van der Waals surface area contributed by atoms with Gasteiger partial charge in [0.1, 0.15) is 5.76 Å². The molecule has 1 aromatic heterocycles. The number of ether oxygens (including phenoxy) is 2. The molecule has 0 aliphatic heterocycles. The molecule has 0 spiro atoms. The highest BCUT2D eigenvalue weighted by Crippen LogP contribution is 2.25. The smallest absolute Gasteiger partial charge is 0.122 e. The molecule has 0 bridgehead atoms. The van der Waals surface area contributed by atoms with Crippen molar-refractivity contribution in [1.82, 2.24) is 4.90 Å². The van der Waals surface area contributed by atoms with Crippen molar-refractivity contribution in [2.75, 3.05) is 40.5 Å². The van der Waals surface area contributed by atoms with Crippen LogP contribution in [-0.4, -0.2) is 51.5 Å². The zero-order chi connectivity index (χ0) is 14.1. The first-order valence-corrected chi connectivity index (χ1v) is 6.75. The van der Waals surface area contributed by atoms with Crippen LogP contribution < -0.4 is 5.73 Å². The van der Waals surface area contributed by atoms with Gasteiger partial charge in [0.2, 0.25) is 0 Å². The molecule has 0 aromatic carbocycles. The summed E-state index contributed by atoms with van der Waals surface area (Å²) in [5.74, 6) is 0.904. The fourth-order valence-corrected chi connectivity index (χ4v) is 2.15. The van der Waals surface area contributed by atoms with Crippen molar-refractivity contribution in [3.05, 3.63) is 24.2 Å². The van der Waals surface area contributed by atoms with Gasteiger partial charge in [-0.3, -0.25) is 4.90 Å². The van der Waals surface area contributed by atoms with Gasteiger partial charge in [-0.25, -0.2) is 0 Å². The van der Waals surface area contributed by atoms with E-state index in [0.717, 1.165) is 25.3 Å². The molecule has 1 heterocycles. The molecule has 0 saturated carbocycles. The zero-order valence-electron chi connectivity index (χ0n) is 12.2. The minimum atomic E-state index is 0.0277. The number of nitrogens with zero attached hydrogens (tertiary/aromatic N) is 1. The van der Waals surface area contributed by atoms with Crippen molar-refractivity contribution in [2.24, 2.45) is 5.73 Å². The Morgan fingerprint density at radius 1 is 1.26 bits per heavy atom. The topological polar surface area (TPSA) is 60.9 Å². The first-order chi connectivity index (χ1) is 9.24. The summed E-state index contributed by atoms with van der Waals surface area (Å²) in [6.07, 6.45) is 2.58. The van der Waals surface area contributed by atoms with Crippen LogP contribution >= 0.6 is 0 Å². The summed E-state index contributed by atoms with van der Waals surface area (Å²) in [5.41, 5.74) is 6.27. The molecule has 1 aromatic rings. The second-order valence-electron chi connectivity index (χ2n) is 4.55. The van der Waals surface area contributed by atoms with E-state index in [1.807, 2.05) is 12.1 Å². The van der Waals surface area contributed by atoms with E-state index in [0.29, 0.717) is 13.2 Å². The maximum absolute atomic E-state index is 6.27. The Labute approximate surface area is 115 Å². The van der Waals surface area contributed by atoms with Crippen molar-refractivity contribution < 1.29 is 13.9 Å². The van der Waals surface area contributed by atoms with Gasteiger partial charge in [-0.05, 0) is 18.6 Å². The van der Waals surface area contributed by atoms with Gasteiger partial charge in [0.25, 0.3) is 0 Å². The third-order valence-corrected chi connectivity index (χ3v) is 3.27. The molecule has 0 radical (unpaired) electrons. The quantitative estimate of drug-likeness (QED) is 0.700. The number of nitrogens with two attached hydrogens (primary N) is 1. The number of methoxy groups -OCH3 is 2. The van der Waals surface area contributed by atoms with Crippen LogP contribution in [0.25, 0.3) is 0 Å². The van der Waals surface area contributed by atoms with E-state index in [4.69, 9.17) is 19.6 Å². The summed E-state index contributed by atoms with van der Waals surface area (Å²) >= 11 is 0. The molecule has 110 valence electrons. The normalized spacial score (nSPS) is 14.8. The second-order valence-corrected chi connectivity index (χ2v) is 4.55. The summed E-state index contributed by atoms with van der Waals surface area (Å²) in [4.78, 5) is 2.26. The standard InChI is InChI=1S/C14H26N2O3/c1-4-12(15)14(13-6-5-9-19-13)16(7-10-17-2)8-11-18-3/h5-6,9,12,14H,4,7-8,10-11,15H2,1-3H3. The van der Waals surface area contributed by atoms with E-state index < -0.39 is 0 Å². The maximum atomic E-state index is 6.27. The van der Waals surface area contributed by atoms with Crippen molar-refractivity contribution in [3.8, 4) is 0 Å². The third-order valence-electron chi connectivity index (χ3n) is 3.27. The molecule has 19 heavy (non-hydrogen) atoms. The Hall–Kier alpha value is -0.880. The third kappa shape index (κ3) is 4.95. The molecule has 5 nitrogen and oxygen atoms in total. The van der Waals surface area contributed by atoms with Crippen LogP contribution in [0.5, 0.6) is 0 Å². The highest BCUT2D eigenvalue weighted by atomic mass is 16.5. The van der Waals surface area contributed by atoms with Gasteiger partial charge in [0, 0.05) is 33.4 Å². The number of furan rings is 1. The summed E-state index contributed by atoms with van der Waals surface area (Å²) in [6, 6.07) is 3.97. The van der Waals surface area contributed by atoms with Gasteiger partial charge < -0.3 is 19.6 Å². The highest BCUT2D eigenvalue weighted by Gasteiger charge is 2.27. The van der Waals surface area contributed by atoms with Crippen LogP contribution in [0, 0.1) is 0 Å². The fraction of sp³-hybridized carbons (Fsp3) is 0.714. The summed E-state index contributed by atoms with van der Waals surface area (Å²) in [6.45, 7) is 5.03. The second kappa shape index (κ2) is 9.09. The molecule has 2 atom stereocenters. The first kappa shape index (κ1) is 16.2. The molecule has 0 aliphatic rings. The summed E-state index contributed by atoms with van der Waals surface area (Å²) in [5, 5.41) is 0. The Morgan fingerprint density at radius 3 is 2.32 bits per heavy atom. The van der Waals surface area contributed by atoms with Crippen molar-refractivity contribution >= 4 is 0 Å². The summed E-state index contributed by atoms with van der Waals surface area (Å²) < 4.78 is 15.9. The lowest BCUT2D eigenvalue weighted by Gasteiger charge is -2.33. The van der Waals surface area contributed by atoms with Gasteiger partial charge in [0.15, 0.2) is 0 Å². The Morgan fingerprint density at radius 2 is 1.89 bits per heavy atom. The number of hydrogen-bond donors (Lipinski definition) is 1. The van der Waals surface area contributed by atoms with Gasteiger partial charge in [0.05, 0.1) is 25.5 Å². The zero-order valence-corrected chi connectivity index (χ0v) is 12.2. The fourth-order valence-electron chi connectivity index (χ4n) is 2.15. The molecule has 5 heteroatoms. The molecule has 2 unspecified atom stereocenters. The van der Waals surface area contributed by atoms with Crippen LogP contribution in [0.4, 0.5) is 0 Å². The first-order valence-electron chi connectivity index (χ1n) is 6.75. The van der Waals surface area contributed by atoms with Crippen LogP contribution in [-0.2, 0) is 9.47 Å². The van der Waals surface area contributed by atoms with E-state index in [1.165, 1.54) is 0 Å². The van der Waals surface area contributed by atoms with Crippen LogP contribution in [0.3, 0.4) is 0 Å². The van der Waals surface area contributed by atoms with Gasteiger partial charge in [-0.1, -0.05) is 6.92 Å². The van der Waals surface area contributed by atoms with Gasteiger partial charge >= 0.3 is 0 Å². The van der Waals surface area contributed by atoms with E-state index in [-0.39, 0.29) is 12.1 Å². The van der Waals surface area contributed by atoms with Crippen LogP contribution in [0.2, 0.25) is 0 Å². The molecule has 0 amide bonds. The molecular weight excluding hydrogens is 244 g/mol. The lowest BCUT2D eigenvalue weighted by molar-refractivity contribution is 0.0696. The van der Waals surface area contributed by atoms with E-state index >= 15 is 0 Å². The van der Waals surface area contributed by atoms with E-state index in [9.17, 15) is 0 Å². The van der Waals surface area contributed by atoms with Gasteiger partial charge in [-0.2, -0.15) is 0 Å². The Kier molecular flexibility index (Phi) is 7.74. The maximum Gasteiger partial charge on any atom is 0.122 e. The highest BCUT2D eigenvalue weighted by molar-refractivity contribution is 5.08. The van der Waals surface area contributed by atoms with Gasteiger partial charge in [-0.15, -0.1) is 0 Å². The summed E-state index contributed by atoms with van der Waals surface area (Å²) in [7, 11) is 3.41. The lowest BCUT2D eigenvalue weighted by Crippen LogP contribution is -2.43. The Bertz CT molecular complexity index is 309. The molecule has 0 saturated heterocycles. The molecule has 1 rings (SSSR count). The number of hydrogen-bond acceptors (Lipinski definition) is 5. The molecule has 0 aliphatic carbocycles. The van der Waals surface area contributed by atoms with E-state index in [2.05, 4.69) is 11.8 Å². The van der Waals surface area contributed by atoms with Crippen molar-refractivity contribution in [2.45, 2.75) is 25.4 Å². The minimum absolute atomic E-state index is 0.0277. The molecule has 0 fully saturated rings. The molecule has 2 N–H and O–H groups in total. The van der Waals surface area contributed by atoms with Crippen LogP contribution in [0.15, 0.2) is 22.8 Å².